The predicted octanol–water partition coefficient (Wildman–Crippen LogP) is 4.25. The zero-order valence-corrected chi connectivity index (χ0v) is 23.1. The van der Waals surface area contributed by atoms with E-state index in [-0.39, 0.29) is 17.3 Å². The number of rotatable bonds is 7. The lowest BCUT2D eigenvalue weighted by molar-refractivity contribution is -0.192. The molecule has 4 aromatic rings. The number of hydrogen-bond acceptors (Lipinski definition) is 7. The molecule has 1 atom stereocenters. The third-order valence-electron chi connectivity index (χ3n) is 6.77. The second-order valence-corrected chi connectivity index (χ2v) is 9.75. The number of nitrogens with zero attached hydrogens (tertiary/aromatic N) is 3. The predicted molar refractivity (Wildman–Crippen MR) is 154 cm³/mol. The van der Waals surface area contributed by atoms with Gasteiger partial charge in [0.05, 0.1) is 0 Å². The van der Waals surface area contributed by atoms with Crippen molar-refractivity contribution < 1.29 is 27.9 Å². The lowest BCUT2D eigenvalue weighted by Crippen LogP contribution is -2.36. The van der Waals surface area contributed by atoms with Gasteiger partial charge in [0, 0.05) is 30.7 Å². The number of pyridine rings is 1. The first-order valence-corrected chi connectivity index (χ1v) is 13.2. The van der Waals surface area contributed by atoms with Gasteiger partial charge in [-0.3, -0.25) is 14.2 Å². The maximum Gasteiger partial charge on any atom is 0.490 e. The van der Waals surface area contributed by atoms with Gasteiger partial charge in [-0.25, -0.2) is 14.8 Å². The molecule has 3 heterocycles. The third kappa shape index (κ3) is 7.76. The molecule has 0 aliphatic carbocycles. The SMILES string of the molecule is Cc1nc(N)ccc1CNC(=O)C1CCc2cnc(NCc3cccc(-c4ccccc4)c3)c(=O)n21.O=C(O)C(F)(F)F. The number of anilines is 2. The van der Waals surface area contributed by atoms with Gasteiger partial charge in [-0.1, -0.05) is 54.6 Å². The van der Waals surface area contributed by atoms with Crippen LogP contribution < -0.4 is 21.9 Å². The number of amides is 1. The number of fused-ring (bicyclic) bond motifs is 1. The summed E-state index contributed by atoms with van der Waals surface area (Å²) in [6, 6.07) is 21.3. The molecule has 2 aromatic carbocycles. The summed E-state index contributed by atoms with van der Waals surface area (Å²) in [6.07, 6.45) is -2.21. The number of nitrogens with one attached hydrogen (secondary N) is 2. The molecule has 5 rings (SSSR count). The number of alkyl halides is 3. The largest absolute Gasteiger partial charge is 0.490 e. The van der Waals surface area contributed by atoms with Gasteiger partial charge in [0.25, 0.3) is 5.56 Å². The molecular weight excluding hydrogens is 565 g/mol. The Kier molecular flexibility index (Phi) is 9.43. The second-order valence-electron chi connectivity index (χ2n) is 9.75. The fourth-order valence-corrected chi connectivity index (χ4v) is 4.58. The minimum absolute atomic E-state index is 0.195. The first kappa shape index (κ1) is 30.8. The third-order valence-corrected chi connectivity index (χ3v) is 6.77. The molecule has 43 heavy (non-hydrogen) atoms. The first-order valence-electron chi connectivity index (χ1n) is 13.2. The summed E-state index contributed by atoms with van der Waals surface area (Å²) in [6.45, 7) is 2.63. The average Bonchev–Trinajstić information content (AvgIpc) is 3.42. The number of halogens is 3. The maximum atomic E-state index is 13.3. The summed E-state index contributed by atoms with van der Waals surface area (Å²) in [4.78, 5) is 43.8. The van der Waals surface area contributed by atoms with Crippen LogP contribution in [0.1, 0.15) is 35.0 Å². The maximum absolute atomic E-state index is 13.3. The molecule has 1 unspecified atom stereocenters. The highest BCUT2D eigenvalue weighted by molar-refractivity contribution is 5.81. The molecule has 0 saturated heterocycles. The molecule has 0 bridgehead atoms. The Morgan fingerprint density at radius 1 is 1.05 bits per heavy atom. The van der Waals surface area contributed by atoms with E-state index in [0.29, 0.717) is 31.7 Å². The highest BCUT2D eigenvalue weighted by Gasteiger charge is 2.38. The van der Waals surface area contributed by atoms with Crippen molar-refractivity contribution in [3.05, 3.63) is 106 Å². The van der Waals surface area contributed by atoms with Gasteiger partial charge < -0.3 is 21.5 Å². The average molecular weight is 595 g/mol. The summed E-state index contributed by atoms with van der Waals surface area (Å²) < 4.78 is 33.3. The number of carbonyl (C=O) groups excluding carboxylic acids is 1. The highest BCUT2D eigenvalue weighted by Crippen LogP contribution is 2.25. The molecule has 1 aliphatic rings. The van der Waals surface area contributed by atoms with Crippen LogP contribution in [0.4, 0.5) is 24.8 Å². The first-order chi connectivity index (χ1) is 20.4. The minimum atomic E-state index is -5.08. The van der Waals surface area contributed by atoms with Gasteiger partial charge in [0.15, 0.2) is 5.82 Å². The minimum Gasteiger partial charge on any atom is -0.475 e. The van der Waals surface area contributed by atoms with Crippen molar-refractivity contribution in [2.45, 2.75) is 45.1 Å². The highest BCUT2D eigenvalue weighted by atomic mass is 19.4. The Morgan fingerprint density at radius 2 is 1.74 bits per heavy atom. The van der Waals surface area contributed by atoms with E-state index in [0.717, 1.165) is 33.6 Å². The van der Waals surface area contributed by atoms with Gasteiger partial charge in [-0.05, 0) is 54.2 Å². The fraction of sp³-hybridized carbons (Fsp3) is 0.233. The molecule has 0 fully saturated rings. The van der Waals surface area contributed by atoms with E-state index >= 15 is 0 Å². The molecule has 10 nitrogen and oxygen atoms in total. The van der Waals surface area contributed by atoms with Crippen LogP contribution >= 0.6 is 0 Å². The van der Waals surface area contributed by atoms with Gasteiger partial charge in [0.1, 0.15) is 11.9 Å². The van der Waals surface area contributed by atoms with E-state index in [2.05, 4.69) is 44.9 Å². The standard InChI is InChI=1S/C28H28N6O2.C2HF3O2/c1-18-22(10-13-25(29)33-18)16-32-27(35)24-12-11-23-17-31-26(28(36)34(23)24)30-15-19-6-5-9-21(14-19)20-7-3-2-4-8-20;3-2(4,5)1(6)7/h2-10,13-14,17,24H,11-12,15-16H2,1H3,(H2,29,33)(H,30,31)(H,32,35);(H,6,7). The number of nitrogen functional groups attached to an aromatic ring is 1. The fourth-order valence-electron chi connectivity index (χ4n) is 4.58. The van der Waals surface area contributed by atoms with Crippen LogP contribution in [0.3, 0.4) is 0 Å². The van der Waals surface area contributed by atoms with E-state index in [1.165, 1.54) is 0 Å². The van der Waals surface area contributed by atoms with Gasteiger partial charge in [-0.15, -0.1) is 0 Å². The van der Waals surface area contributed by atoms with Gasteiger partial charge >= 0.3 is 12.1 Å². The molecule has 1 amide bonds. The van der Waals surface area contributed by atoms with Crippen molar-refractivity contribution >= 4 is 23.5 Å². The van der Waals surface area contributed by atoms with Crippen molar-refractivity contribution in [3.8, 4) is 11.1 Å². The summed E-state index contributed by atoms with van der Waals surface area (Å²) in [5.74, 6) is -2.27. The number of aromatic nitrogens is 3. The number of carboxylic acids is 1. The Hall–Kier alpha value is -5.20. The second kappa shape index (κ2) is 13.2. The molecule has 0 saturated carbocycles. The van der Waals surface area contributed by atoms with Crippen LogP contribution in [0.25, 0.3) is 11.1 Å². The van der Waals surface area contributed by atoms with E-state index in [4.69, 9.17) is 15.6 Å². The van der Waals surface area contributed by atoms with Gasteiger partial charge in [0.2, 0.25) is 5.91 Å². The number of nitrogens with two attached hydrogens (primary N) is 1. The van der Waals surface area contributed by atoms with E-state index in [1.807, 2.05) is 43.3 Å². The summed E-state index contributed by atoms with van der Waals surface area (Å²) >= 11 is 0. The van der Waals surface area contributed by atoms with E-state index in [1.54, 1.807) is 16.8 Å². The van der Waals surface area contributed by atoms with Crippen LogP contribution in [-0.2, 0) is 29.1 Å². The van der Waals surface area contributed by atoms with Crippen molar-refractivity contribution in [1.29, 1.82) is 0 Å². The number of aliphatic carboxylic acids is 1. The normalized spacial score (nSPS) is 13.8. The van der Waals surface area contributed by atoms with Crippen molar-refractivity contribution in [2.75, 3.05) is 11.1 Å². The van der Waals surface area contributed by atoms with E-state index < -0.39 is 18.2 Å². The molecule has 0 spiro atoms. The summed E-state index contributed by atoms with van der Waals surface area (Å²) in [7, 11) is 0. The summed E-state index contributed by atoms with van der Waals surface area (Å²) in [5, 5.41) is 13.2. The molecule has 224 valence electrons. The number of aryl methyl sites for hydroxylation is 2. The molecule has 2 aromatic heterocycles. The summed E-state index contributed by atoms with van der Waals surface area (Å²) in [5.41, 5.74) is 11.1. The quantitative estimate of drug-likeness (QED) is 0.248. The smallest absolute Gasteiger partial charge is 0.475 e. The van der Waals surface area contributed by atoms with Crippen molar-refractivity contribution in [3.63, 3.8) is 0 Å². The number of carboxylic acid groups (broad SMARTS) is 1. The van der Waals surface area contributed by atoms with Crippen LogP contribution in [0.2, 0.25) is 0 Å². The Labute approximate surface area is 244 Å². The zero-order chi connectivity index (χ0) is 31.1. The number of carbonyl (C=O) groups is 2. The van der Waals surface area contributed by atoms with Crippen LogP contribution in [0, 0.1) is 6.92 Å². The molecule has 5 N–H and O–H groups in total. The number of hydrogen-bond donors (Lipinski definition) is 4. The molecular formula is C30H29F3N6O4. The number of benzene rings is 2. The van der Waals surface area contributed by atoms with Gasteiger partial charge in [-0.2, -0.15) is 13.2 Å². The molecule has 0 radical (unpaired) electrons. The van der Waals surface area contributed by atoms with Crippen LogP contribution in [0.15, 0.2) is 77.7 Å². The topological polar surface area (TPSA) is 152 Å². The van der Waals surface area contributed by atoms with Crippen molar-refractivity contribution in [1.82, 2.24) is 19.9 Å². The van der Waals surface area contributed by atoms with Crippen LogP contribution in [-0.4, -0.2) is 37.7 Å². The molecule has 13 heteroatoms. The van der Waals surface area contributed by atoms with E-state index in [9.17, 15) is 22.8 Å². The Balaban J connectivity index is 0.000000541. The van der Waals surface area contributed by atoms with Crippen LogP contribution in [0.5, 0.6) is 0 Å². The monoisotopic (exact) mass is 594 g/mol. The molecule has 1 aliphatic heterocycles. The van der Waals surface area contributed by atoms with Crippen molar-refractivity contribution in [2.24, 2.45) is 0 Å². The Morgan fingerprint density at radius 3 is 2.42 bits per heavy atom. The zero-order valence-electron chi connectivity index (χ0n) is 23.1. The Bertz CT molecular complexity index is 1670. The lowest BCUT2D eigenvalue weighted by Gasteiger charge is -2.16. The lowest BCUT2D eigenvalue weighted by atomic mass is 10.0.